The molecular formula is C18H21N5O2. The van der Waals surface area contributed by atoms with Gasteiger partial charge in [0.25, 0.3) is 0 Å². The van der Waals surface area contributed by atoms with Crippen LogP contribution in [-0.2, 0) is 9.59 Å². The molecule has 1 saturated heterocycles. The molecule has 0 spiro atoms. The average Bonchev–Trinajstić information content (AvgIpc) is 2.64. The van der Waals surface area contributed by atoms with Gasteiger partial charge >= 0.3 is 0 Å². The molecule has 1 aliphatic rings. The Bertz CT molecular complexity index is 733. The summed E-state index contributed by atoms with van der Waals surface area (Å²) in [7, 11) is 0. The van der Waals surface area contributed by atoms with E-state index in [-0.39, 0.29) is 17.7 Å². The van der Waals surface area contributed by atoms with Crippen LogP contribution < -0.4 is 15.5 Å². The molecule has 1 aliphatic heterocycles. The van der Waals surface area contributed by atoms with Crippen LogP contribution in [-0.4, -0.2) is 34.9 Å². The predicted molar refractivity (Wildman–Crippen MR) is 96.3 cm³/mol. The number of nitrogens with one attached hydrogen (secondary N) is 2. The van der Waals surface area contributed by atoms with Crippen molar-refractivity contribution in [3.8, 4) is 0 Å². The number of piperidine rings is 1. The number of rotatable bonds is 4. The van der Waals surface area contributed by atoms with Gasteiger partial charge in [0.05, 0.1) is 5.92 Å². The fraction of sp³-hybridized carbons (Fsp3) is 0.333. The van der Waals surface area contributed by atoms with E-state index in [1.807, 2.05) is 4.90 Å². The Morgan fingerprint density at radius 2 is 1.72 bits per heavy atom. The average molecular weight is 339 g/mol. The lowest BCUT2D eigenvalue weighted by Crippen LogP contribution is -2.41. The van der Waals surface area contributed by atoms with E-state index in [2.05, 4.69) is 20.6 Å². The minimum atomic E-state index is -0.123. The highest BCUT2D eigenvalue weighted by Crippen LogP contribution is 2.22. The summed E-state index contributed by atoms with van der Waals surface area (Å²) in [5.41, 5.74) is 1.42. The number of amides is 2. The highest BCUT2D eigenvalue weighted by Gasteiger charge is 2.27. The third-order valence-electron chi connectivity index (χ3n) is 4.10. The second kappa shape index (κ2) is 7.74. The molecule has 1 aromatic carbocycles. The van der Waals surface area contributed by atoms with Gasteiger partial charge in [0.2, 0.25) is 17.8 Å². The first-order chi connectivity index (χ1) is 12.1. The normalized spacial score (nSPS) is 17.0. The Balaban J connectivity index is 1.60. The number of benzene rings is 1. The highest BCUT2D eigenvalue weighted by molar-refractivity contribution is 5.94. The van der Waals surface area contributed by atoms with Crippen LogP contribution >= 0.6 is 0 Å². The van der Waals surface area contributed by atoms with Crippen molar-refractivity contribution in [2.75, 3.05) is 28.6 Å². The lowest BCUT2D eigenvalue weighted by molar-refractivity contribution is -0.120. The Kier molecular flexibility index (Phi) is 5.23. The Labute approximate surface area is 146 Å². The molecule has 7 heteroatoms. The molecule has 7 nitrogen and oxygen atoms in total. The molecule has 1 unspecified atom stereocenters. The van der Waals surface area contributed by atoms with Gasteiger partial charge in [-0.1, -0.05) is 0 Å². The largest absolute Gasteiger partial charge is 0.340 e. The summed E-state index contributed by atoms with van der Waals surface area (Å²) in [6.45, 7) is 2.93. The van der Waals surface area contributed by atoms with Crippen LogP contribution in [0.1, 0.15) is 19.8 Å². The van der Waals surface area contributed by atoms with Crippen LogP contribution in [0, 0.1) is 5.92 Å². The number of carbonyl (C=O) groups is 2. The first kappa shape index (κ1) is 16.9. The number of aromatic nitrogens is 2. The standard InChI is InChI=1S/C18H21N5O2/c1-13(24)21-15-5-7-16(8-6-15)22-17(25)14-4-2-11-23(12-14)18-19-9-3-10-20-18/h3,5-10,14H,2,4,11-12H2,1H3,(H,21,24)(H,22,25). The fourth-order valence-electron chi connectivity index (χ4n) is 2.91. The monoisotopic (exact) mass is 339 g/mol. The first-order valence-electron chi connectivity index (χ1n) is 8.32. The predicted octanol–water partition coefficient (Wildman–Crippen LogP) is 2.29. The lowest BCUT2D eigenvalue weighted by Gasteiger charge is -2.31. The molecule has 2 heterocycles. The van der Waals surface area contributed by atoms with Crippen molar-refractivity contribution >= 4 is 29.1 Å². The molecule has 130 valence electrons. The second-order valence-corrected chi connectivity index (χ2v) is 6.08. The Hall–Kier alpha value is -2.96. The third-order valence-corrected chi connectivity index (χ3v) is 4.10. The van der Waals surface area contributed by atoms with Crippen LogP contribution in [0.5, 0.6) is 0 Å². The maximum absolute atomic E-state index is 12.6. The SMILES string of the molecule is CC(=O)Nc1ccc(NC(=O)C2CCCN(c3ncccn3)C2)cc1. The summed E-state index contributed by atoms with van der Waals surface area (Å²) in [6.07, 6.45) is 5.20. The highest BCUT2D eigenvalue weighted by atomic mass is 16.2. The molecule has 3 rings (SSSR count). The smallest absolute Gasteiger partial charge is 0.229 e. The zero-order valence-electron chi connectivity index (χ0n) is 14.1. The van der Waals surface area contributed by atoms with E-state index >= 15 is 0 Å². The number of anilines is 3. The number of hydrogen-bond acceptors (Lipinski definition) is 5. The van der Waals surface area contributed by atoms with Gasteiger partial charge in [-0.3, -0.25) is 9.59 Å². The van der Waals surface area contributed by atoms with Crippen LogP contribution in [0.25, 0.3) is 0 Å². The maximum atomic E-state index is 12.6. The Morgan fingerprint density at radius 3 is 2.36 bits per heavy atom. The van der Waals surface area contributed by atoms with E-state index in [1.54, 1.807) is 42.7 Å². The van der Waals surface area contributed by atoms with Gasteiger partial charge in [0.1, 0.15) is 0 Å². The molecule has 2 aromatic rings. The summed E-state index contributed by atoms with van der Waals surface area (Å²) in [4.78, 5) is 34.2. The molecule has 1 fully saturated rings. The van der Waals surface area contributed by atoms with Crippen molar-refractivity contribution in [3.05, 3.63) is 42.7 Å². The lowest BCUT2D eigenvalue weighted by atomic mass is 9.97. The van der Waals surface area contributed by atoms with Gasteiger partial charge in [-0.25, -0.2) is 9.97 Å². The maximum Gasteiger partial charge on any atom is 0.229 e. The summed E-state index contributed by atoms with van der Waals surface area (Å²) >= 11 is 0. The van der Waals surface area contributed by atoms with Crippen molar-refractivity contribution in [1.82, 2.24) is 9.97 Å². The molecule has 0 bridgehead atoms. The molecule has 25 heavy (non-hydrogen) atoms. The number of nitrogens with zero attached hydrogens (tertiary/aromatic N) is 3. The molecule has 1 aromatic heterocycles. The van der Waals surface area contributed by atoms with Gasteiger partial charge in [0.15, 0.2) is 0 Å². The Morgan fingerprint density at radius 1 is 1.08 bits per heavy atom. The van der Waals surface area contributed by atoms with E-state index in [1.165, 1.54) is 6.92 Å². The van der Waals surface area contributed by atoms with Crippen molar-refractivity contribution < 1.29 is 9.59 Å². The van der Waals surface area contributed by atoms with Crippen LogP contribution in [0.4, 0.5) is 17.3 Å². The second-order valence-electron chi connectivity index (χ2n) is 6.08. The van der Waals surface area contributed by atoms with Gasteiger partial charge in [0, 0.05) is 43.8 Å². The van der Waals surface area contributed by atoms with Crippen molar-refractivity contribution in [2.24, 2.45) is 5.92 Å². The number of hydrogen-bond donors (Lipinski definition) is 2. The third kappa shape index (κ3) is 4.53. The minimum absolute atomic E-state index is 0.00657. The van der Waals surface area contributed by atoms with Crippen LogP contribution in [0.15, 0.2) is 42.7 Å². The molecule has 2 amide bonds. The topological polar surface area (TPSA) is 87.2 Å². The van der Waals surface area contributed by atoms with Gasteiger partial charge in [-0.15, -0.1) is 0 Å². The molecular weight excluding hydrogens is 318 g/mol. The summed E-state index contributed by atoms with van der Waals surface area (Å²) < 4.78 is 0. The zero-order valence-corrected chi connectivity index (χ0v) is 14.1. The fourth-order valence-corrected chi connectivity index (χ4v) is 2.91. The minimum Gasteiger partial charge on any atom is -0.340 e. The molecule has 2 N–H and O–H groups in total. The van der Waals surface area contributed by atoms with Crippen LogP contribution in [0.2, 0.25) is 0 Å². The summed E-state index contributed by atoms with van der Waals surface area (Å²) in [5.74, 6) is 0.433. The van der Waals surface area contributed by atoms with Crippen LogP contribution in [0.3, 0.4) is 0 Å². The molecule has 0 radical (unpaired) electrons. The summed E-state index contributed by atoms with van der Waals surface area (Å²) in [6, 6.07) is 8.88. The van der Waals surface area contributed by atoms with Gasteiger partial charge in [-0.2, -0.15) is 0 Å². The molecule has 0 aliphatic carbocycles. The van der Waals surface area contributed by atoms with Crippen molar-refractivity contribution in [2.45, 2.75) is 19.8 Å². The van der Waals surface area contributed by atoms with E-state index in [0.29, 0.717) is 23.9 Å². The van der Waals surface area contributed by atoms with Crippen molar-refractivity contribution in [3.63, 3.8) is 0 Å². The van der Waals surface area contributed by atoms with E-state index in [0.717, 1.165) is 19.4 Å². The molecule has 0 saturated carbocycles. The molecule has 1 atom stereocenters. The first-order valence-corrected chi connectivity index (χ1v) is 8.32. The quantitative estimate of drug-likeness (QED) is 0.892. The van der Waals surface area contributed by atoms with Gasteiger partial charge < -0.3 is 15.5 Å². The van der Waals surface area contributed by atoms with Crippen molar-refractivity contribution in [1.29, 1.82) is 0 Å². The summed E-state index contributed by atoms with van der Waals surface area (Å²) in [5, 5.41) is 5.65. The number of carbonyl (C=O) groups excluding carboxylic acids is 2. The van der Waals surface area contributed by atoms with E-state index < -0.39 is 0 Å². The zero-order chi connectivity index (χ0) is 17.6. The van der Waals surface area contributed by atoms with Gasteiger partial charge in [-0.05, 0) is 43.2 Å². The van der Waals surface area contributed by atoms with E-state index in [4.69, 9.17) is 0 Å². The van der Waals surface area contributed by atoms with E-state index in [9.17, 15) is 9.59 Å².